The molecular weight excluding hydrogens is 296 g/mol. The number of hydrogen-bond acceptors (Lipinski definition) is 3. The molecule has 0 aromatic heterocycles. The minimum atomic E-state index is -0.882. The number of carboxylic acid groups (broad SMARTS) is 1. The smallest absolute Gasteiger partial charge is 0.308 e. The molecule has 0 bridgehead atoms. The summed E-state index contributed by atoms with van der Waals surface area (Å²) in [5.74, 6) is -2.05. The highest BCUT2D eigenvalue weighted by Crippen LogP contribution is 2.22. The van der Waals surface area contributed by atoms with Crippen LogP contribution in [0.5, 0.6) is 0 Å². The van der Waals surface area contributed by atoms with Gasteiger partial charge in [0.15, 0.2) is 0 Å². The molecule has 1 aromatic rings. The zero-order valence-corrected chi connectivity index (χ0v) is 13.6. The lowest BCUT2D eigenvalue weighted by molar-refractivity contribution is -0.142. The van der Waals surface area contributed by atoms with Gasteiger partial charge < -0.3 is 15.3 Å². The van der Waals surface area contributed by atoms with Gasteiger partial charge in [0.2, 0.25) is 5.91 Å². The third kappa shape index (κ3) is 3.88. The van der Waals surface area contributed by atoms with Crippen LogP contribution >= 0.6 is 0 Å². The van der Waals surface area contributed by atoms with Crippen molar-refractivity contribution in [2.24, 2.45) is 11.8 Å². The quantitative estimate of drug-likeness (QED) is 0.874. The van der Waals surface area contributed by atoms with Crippen molar-refractivity contribution < 1.29 is 19.5 Å². The van der Waals surface area contributed by atoms with Crippen molar-refractivity contribution in [3.8, 4) is 0 Å². The summed E-state index contributed by atoms with van der Waals surface area (Å²) in [5.41, 5.74) is 2.63. The van der Waals surface area contributed by atoms with Crippen LogP contribution in [-0.2, 0) is 9.59 Å². The minimum Gasteiger partial charge on any atom is -0.481 e. The van der Waals surface area contributed by atoms with E-state index in [0.29, 0.717) is 12.1 Å². The van der Waals surface area contributed by atoms with Gasteiger partial charge in [-0.25, -0.2) is 0 Å². The molecule has 6 nitrogen and oxygen atoms in total. The maximum Gasteiger partial charge on any atom is 0.308 e. The second-order valence-electron chi connectivity index (χ2n) is 6.20. The Morgan fingerprint density at radius 1 is 1.22 bits per heavy atom. The first kappa shape index (κ1) is 17.0. The minimum absolute atomic E-state index is 0.0769. The summed E-state index contributed by atoms with van der Waals surface area (Å²) in [7, 11) is 0. The molecule has 1 aliphatic rings. The fourth-order valence-electron chi connectivity index (χ4n) is 2.74. The van der Waals surface area contributed by atoms with Crippen LogP contribution in [-0.4, -0.2) is 47.4 Å². The van der Waals surface area contributed by atoms with Gasteiger partial charge in [-0.1, -0.05) is 13.0 Å². The van der Waals surface area contributed by atoms with E-state index < -0.39 is 11.9 Å². The molecule has 0 unspecified atom stereocenters. The summed E-state index contributed by atoms with van der Waals surface area (Å²) in [6.45, 7) is 6.21. The molecule has 2 rings (SSSR count). The lowest BCUT2D eigenvalue weighted by Crippen LogP contribution is -2.39. The van der Waals surface area contributed by atoms with Crippen LogP contribution < -0.4 is 5.32 Å². The highest BCUT2D eigenvalue weighted by Gasteiger charge is 2.36. The van der Waals surface area contributed by atoms with Crippen molar-refractivity contribution in [1.82, 2.24) is 10.2 Å². The largest absolute Gasteiger partial charge is 0.481 e. The Labute approximate surface area is 135 Å². The number of carbonyl (C=O) groups excluding carboxylic acids is 2. The van der Waals surface area contributed by atoms with Gasteiger partial charge in [0.05, 0.1) is 12.5 Å². The van der Waals surface area contributed by atoms with E-state index in [-0.39, 0.29) is 30.8 Å². The number of nitrogens with zero attached hydrogens (tertiary/aromatic N) is 1. The maximum atomic E-state index is 12.1. The molecule has 124 valence electrons. The Morgan fingerprint density at radius 2 is 1.91 bits per heavy atom. The number of likely N-dealkylation sites (tertiary alicyclic amines) is 1. The maximum absolute atomic E-state index is 12.1. The predicted octanol–water partition coefficient (Wildman–Crippen LogP) is 1.21. The van der Waals surface area contributed by atoms with Gasteiger partial charge in [-0.15, -0.1) is 0 Å². The van der Waals surface area contributed by atoms with Crippen molar-refractivity contribution in [3.63, 3.8) is 0 Å². The molecule has 2 atom stereocenters. The molecule has 23 heavy (non-hydrogen) atoms. The third-order valence-corrected chi connectivity index (χ3v) is 4.45. The number of rotatable bonds is 4. The molecule has 2 N–H and O–H groups in total. The summed E-state index contributed by atoms with van der Waals surface area (Å²) in [6, 6.07) is 5.37. The molecular formula is C17H22N2O4. The third-order valence-electron chi connectivity index (χ3n) is 4.45. The highest BCUT2D eigenvalue weighted by molar-refractivity contribution is 5.96. The molecule has 0 saturated carbocycles. The van der Waals surface area contributed by atoms with Crippen LogP contribution in [0.15, 0.2) is 18.2 Å². The van der Waals surface area contributed by atoms with E-state index in [1.807, 2.05) is 26.8 Å². The van der Waals surface area contributed by atoms with Gasteiger partial charge in [0, 0.05) is 18.7 Å². The zero-order chi connectivity index (χ0) is 17.1. The van der Waals surface area contributed by atoms with Gasteiger partial charge in [0.25, 0.3) is 5.91 Å². The van der Waals surface area contributed by atoms with E-state index in [1.165, 1.54) is 4.90 Å². The van der Waals surface area contributed by atoms with Gasteiger partial charge >= 0.3 is 5.97 Å². The molecule has 0 radical (unpaired) electrons. The summed E-state index contributed by atoms with van der Waals surface area (Å²) in [4.78, 5) is 36.8. The SMILES string of the molecule is Cc1ccc(C(=O)NCC(=O)N2C[C@@H](C)[C@H](C(=O)O)C2)cc1C. The second-order valence-corrected chi connectivity index (χ2v) is 6.20. The molecule has 1 saturated heterocycles. The average Bonchev–Trinajstić information content (AvgIpc) is 2.89. The Hall–Kier alpha value is -2.37. The first-order valence-electron chi connectivity index (χ1n) is 7.65. The van der Waals surface area contributed by atoms with Crippen LogP contribution in [0.2, 0.25) is 0 Å². The molecule has 0 spiro atoms. The summed E-state index contributed by atoms with van der Waals surface area (Å²) >= 11 is 0. The summed E-state index contributed by atoms with van der Waals surface area (Å²) in [5, 5.41) is 11.7. The van der Waals surface area contributed by atoms with Gasteiger partial charge in [-0.2, -0.15) is 0 Å². The molecule has 1 aromatic carbocycles. The number of aliphatic carboxylic acids is 1. The molecule has 2 amide bonds. The highest BCUT2D eigenvalue weighted by atomic mass is 16.4. The number of aryl methyl sites for hydroxylation is 2. The lowest BCUT2D eigenvalue weighted by Gasteiger charge is -2.16. The molecule has 6 heteroatoms. The standard InChI is InChI=1S/C17H22N2O4/c1-10-4-5-13(6-11(10)2)16(21)18-7-15(20)19-8-12(3)14(9-19)17(22)23/h4-6,12,14H,7-9H2,1-3H3,(H,18,21)(H,22,23)/t12-,14-/m1/s1. The Bertz CT molecular complexity index is 641. The number of carbonyl (C=O) groups is 3. The van der Waals surface area contributed by atoms with Crippen LogP contribution in [0.3, 0.4) is 0 Å². The van der Waals surface area contributed by atoms with Gasteiger partial charge in [0.1, 0.15) is 0 Å². The van der Waals surface area contributed by atoms with E-state index in [0.717, 1.165) is 11.1 Å². The number of benzene rings is 1. The number of amides is 2. The Kier molecular flexibility index (Phi) is 5.03. The van der Waals surface area contributed by atoms with Crippen molar-refractivity contribution >= 4 is 17.8 Å². The number of hydrogen-bond donors (Lipinski definition) is 2. The van der Waals surface area contributed by atoms with E-state index in [1.54, 1.807) is 12.1 Å². The van der Waals surface area contributed by atoms with Crippen LogP contribution in [0.4, 0.5) is 0 Å². The van der Waals surface area contributed by atoms with E-state index >= 15 is 0 Å². The monoisotopic (exact) mass is 318 g/mol. The second kappa shape index (κ2) is 6.81. The summed E-state index contributed by atoms with van der Waals surface area (Å²) in [6.07, 6.45) is 0. The van der Waals surface area contributed by atoms with Crippen molar-refractivity contribution in [2.75, 3.05) is 19.6 Å². The zero-order valence-electron chi connectivity index (χ0n) is 13.6. The topological polar surface area (TPSA) is 86.7 Å². The van der Waals surface area contributed by atoms with Gasteiger partial charge in [-0.05, 0) is 43.0 Å². The number of carboxylic acids is 1. The van der Waals surface area contributed by atoms with Gasteiger partial charge in [-0.3, -0.25) is 14.4 Å². The van der Waals surface area contributed by atoms with Crippen molar-refractivity contribution in [2.45, 2.75) is 20.8 Å². The summed E-state index contributed by atoms with van der Waals surface area (Å²) < 4.78 is 0. The lowest BCUT2D eigenvalue weighted by atomic mass is 9.99. The molecule has 1 aliphatic heterocycles. The number of nitrogens with one attached hydrogen (secondary N) is 1. The van der Waals surface area contributed by atoms with Crippen LogP contribution in [0, 0.1) is 25.7 Å². The fraction of sp³-hybridized carbons (Fsp3) is 0.471. The first-order valence-corrected chi connectivity index (χ1v) is 7.65. The predicted molar refractivity (Wildman–Crippen MR) is 85.1 cm³/mol. The van der Waals surface area contributed by atoms with E-state index in [9.17, 15) is 14.4 Å². The first-order chi connectivity index (χ1) is 10.8. The van der Waals surface area contributed by atoms with Crippen LogP contribution in [0.1, 0.15) is 28.4 Å². The Morgan fingerprint density at radius 3 is 2.48 bits per heavy atom. The molecule has 1 fully saturated rings. The fourth-order valence-corrected chi connectivity index (χ4v) is 2.74. The van der Waals surface area contributed by atoms with Crippen LogP contribution in [0.25, 0.3) is 0 Å². The van der Waals surface area contributed by atoms with E-state index in [4.69, 9.17) is 5.11 Å². The molecule has 1 heterocycles. The van der Waals surface area contributed by atoms with Crippen molar-refractivity contribution in [3.05, 3.63) is 34.9 Å². The molecule has 0 aliphatic carbocycles. The normalized spacial score (nSPS) is 20.4. The van der Waals surface area contributed by atoms with Crippen molar-refractivity contribution in [1.29, 1.82) is 0 Å². The average molecular weight is 318 g/mol. The Balaban J connectivity index is 1.90. The van der Waals surface area contributed by atoms with E-state index in [2.05, 4.69) is 5.32 Å².